The fourth-order valence-corrected chi connectivity index (χ4v) is 2.07. The number of nitrogens with zero attached hydrogens (tertiary/aromatic N) is 2. The molecule has 1 heterocycles. The molecule has 0 saturated carbocycles. The van der Waals surface area contributed by atoms with Crippen LogP contribution in [-0.2, 0) is 9.59 Å². The van der Waals surface area contributed by atoms with E-state index < -0.39 is 12.1 Å². The number of carbonyl (C=O) groups is 2. The van der Waals surface area contributed by atoms with Crippen LogP contribution in [0.4, 0.5) is 13.2 Å². The monoisotopic (exact) mass is 337 g/mol. The van der Waals surface area contributed by atoms with Crippen molar-refractivity contribution in [1.29, 1.82) is 5.26 Å². The van der Waals surface area contributed by atoms with Gasteiger partial charge in [0.05, 0.1) is 12.1 Å². The van der Waals surface area contributed by atoms with Crippen LogP contribution < -0.4 is 5.73 Å². The summed E-state index contributed by atoms with van der Waals surface area (Å²) in [5.74, 6) is -2.15. The SMILES string of the molecule is CC(C)C[C@@H](N)C(=O)N1CCC(C#N)CC1.O=C(O)C(F)(F)F. The summed E-state index contributed by atoms with van der Waals surface area (Å²) in [5, 5.41) is 15.9. The van der Waals surface area contributed by atoms with E-state index in [9.17, 15) is 18.0 Å². The Hall–Kier alpha value is -1.82. The predicted octanol–water partition coefficient (Wildman–Crippen LogP) is 1.76. The van der Waals surface area contributed by atoms with Crippen molar-refractivity contribution in [3.05, 3.63) is 0 Å². The summed E-state index contributed by atoms with van der Waals surface area (Å²) < 4.78 is 31.7. The molecule has 1 aliphatic rings. The molecule has 0 spiro atoms. The van der Waals surface area contributed by atoms with Crippen molar-refractivity contribution in [2.45, 2.75) is 45.3 Å². The topological polar surface area (TPSA) is 107 Å². The highest BCUT2D eigenvalue weighted by atomic mass is 19.4. The van der Waals surface area contributed by atoms with Crippen LogP contribution in [0.3, 0.4) is 0 Å². The lowest BCUT2D eigenvalue weighted by molar-refractivity contribution is -0.192. The number of carboxylic acid groups (broad SMARTS) is 1. The molecule has 1 aliphatic heterocycles. The van der Waals surface area contributed by atoms with E-state index in [0.717, 1.165) is 19.3 Å². The van der Waals surface area contributed by atoms with Crippen molar-refractivity contribution in [3.8, 4) is 6.07 Å². The number of amides is 1. The molecule has 6 nitrogen and oxygen atoms in total. The van der Waals surface area contributed by atoms with Gasteiger partial charge in [0.25, 0.3) is 0 Å². The number of carboxylic acids is 1. The Kier molecular flexibility index (Phi) is 8.61. The van der Waals surface area contributed by atoms with Crippen molar-refractivity contribution in [2.75, 3.05) is 13.1 Å². The lowest BCUT2D eigenvalue weighted by Gasteiger charge is -2.31. The van der Waals surface area contributed by atoms with Gasteiger partial charge in [0.1, 0.15) is 0 Å². The second-order valence-electron chi connectivity index (χ2n) is 5.77. The molecular formula is C14H22F3N3O3. The van der Waals surface area contributed by atoms with E-state index in [-0.39, 0.29) is 17.9 Å². The normalized spacial score (nSPS) is 17.0. The van der Waals surface area contributed by atoms with Gasteiger partial charge >= 0.3 is 12.1 Å². The summed E-state index contributed by atoms with van der Waals surface area (Å²) in [6.07, 6.45) is -2.77. The van der Waals surface area contributed by atoms with Gasteiger partial charge in [-0.2, -0.15) is 18.4 Å². The molecule has 0 bridgehead atoms. The minimum Gasteiger partial charge on any atom is -0.475 e. The van der Waals surface area contributed by atoms with E-state index in [1.54, 1.807) is 4.90 Å². The quantitative estimate of drug-likeness (QED) is 0.816. The van der Waals surface area contributed by atoms with Crippen molar-refractivity contribution in [2.24, 2.45) is 17.6 Å². The number of aliphatic carboxylic acids is 1. The van der Waals surface area contributed by atoms with E-state index in [1.807, 2.05) is 0 Å². The number of hydrogen-bond donors (Lipinski definition) is 2. The molecule has 132 valence electrons. The molecule has 3 N–H and O–H groups in total. The number of rotatable bonds is 3. The molecule has 1 atom stereocenters. The van der Waals surface area contributed by atoms with Gasteiger partial charge in [-0.25, -0.2) is 4.79 Å². The number of nitriles is 1. The van der Waals surface area contributed by atoms with Crippen molar-refractivity contribution >= 4 is 11.9 Å². The predicted molar refractivity (Wildman–Crippen MR) is 76.0 cm³/mol. The fourth-order valence-electron chi connectivity index (χ4n) is 2.07. The first-order chi connectivity index (χ1) is 10.5. The average molecular weight is 337 g/mol. The second kappa shape index (κ2) is 9.35. The van der Waals surface area contributed by atoms with Crippen LogP contribution in [0.25, 0.3) is 0 Å². The highest BCUT2D eigenvalue weighted by Gasteiger charge is 2.38. The smallest absolute Gasteiger partial charge is 0.475 e. The highest BCUT2D eigenvalue weighted by Crippen LogP contribution is 2.17. The molecule has 0 radical (unpaired) electrons. The van der Waals surface area contributed by atoms with Crippen molar-refractivity contribution in [1.82, 2.24) is 4.90 Å². The van der Waals surface area contributed by atoms with Crippen LogP contribution in [0, 0.1) is 23.2 Å². The Labute approximate surface area is 133 Å². The number of halogens is 3. The van der Waals surface area contributed by atoms with E-state index in [1.165, 1.54) is 0 Å². The van der Waals surface area contributed by atoms with Crippen LogP contribution >= 0.6 is 0 Å². The third kappa shape index (κ3) is 8.40. The zero-order valence-electron chi connectivity index (χ0n) is 13.1. The van der Waals surface area contributed by atoms with E-state index in [2.05, 4.69) is 19.9 Å². The van der Waals surface area contributed by atoms with Crippen LogP contribution in [0.15, 0.2) is 0 Å². The highest BCUT2D eigenvalue weighted by molar-refractivity contribution is 5.81. The van der Waals surface area contributed by atoms with Crippen molar-refractivity contribution in [3.63, 3.8) is 0 Å². The van der Waals surface area contributed by atoms with Gasteiger partial charge in [0.2, 0.25) is 5.91 Å². The number of alkyl halides is 3. The summed E-state index contributed by atoms with van der Waals surface area (Å²) in [6, 6.07) is 1.88. The largest absolute Gasteiger partial charge is 0.490 e. The standard InChI is InChI=1S/C12H21N3O.C2HF3O2/c1-9(2)7-11(14)12(16)15-5-3-10(8-13)4-6-15;3-2(4,5)1(6)7/h9-11H,3-7,14H2,1-2H3;(H,6,7)/t11-;/m1./s1. The molecule has 1 fully saturated rings. The molecule has 1 saturated heterocycles. The molecule has 0 aromatic heterocycles. The van der Waals surface area contributed by atoms with Crippen molar-refractivity contribution < 1.29 is 27.9 Å². The zero-order valence-corrected chi connectivity index (χ0v) is 13.1. The van der Waals surface area contributed by atoms with Gasteiger partial charge in [0.15, 0.2) is 0 Å². The van der Waals surface area contributed by atoms with Gasteiger partial charge in [-0.15, -0.1) is 0 Å². The molecule has 1 rings (SSSR count). The summed E-state index contributed by atoms with van der Waals surface area (Å²) in [7, 11) is 0. The van der Waals surface area contributed by atoms with E-state index >= 15 is 0 Å². The molecule has 0 aromatic carbocycles. The summed E-state index contributed by atoms with van der Waals surface area (Å²) in [6.45, 7) is 5.50. The maximum Gasteiger partial charge on any atom is 0.490 e. The Bertz CT molecular complexity index is 439. The number of hydrogen-bond acceptors (Lipinski definition) is 4. The van der Waals surface area contributed by atoms with Crippen LogP contribution in [0.5, 0.6) is 0 Å². The second-order valence-corrected chi connectivity index (χ2v) is 5.77. The number of carbonyl (C=O) groups excluding carboxylic acids is 1. The first-order valence-corrected chi connectivity index (χ1v) is 7.23. The summed E-state index contributed by atoms with van der Waals surface area (Å²) in [5.41, 5.74) is 5.86. The maximum absolute atomic E-state index is 11.9. The molecule has 0 unspecified atom stereocenters. The van der Waals surface area contributed by atoms with Gasteiger partial charge < -0.3 is 15.7 Å². The van der Waals surface area contributed by atoms with Gasteiger partial charge in [0, 0.05) is 19.0 Å². The van der Waals surface area contributed by atoms with Crippen LogP contribution in [-0.4, -0.2) is 47.2 Å². The first-order valence-electron chi connectivity index (χ1n) is 7.23. The van der Waals surface area contributed by atoms with Gasteiger partial charge in [-0.05, 0) is 25.2 Å². The molecule has 0 aliphatic carbocycles. The Balaban J connectivity index is 0.000000585. The molecule has 23 heavy (non-hydrogen) atoms. The van der Waals surface area contributed by atoms with Gasteiger partial charge in [-0.3, -0.25) is 4.79 Å². The minimum absolute atomic E-state index is 0.0464. The molecule has 0 aromatic rings. The lowest BCUT2D eigenvalue weighted by atomic mass is 9.97. The maximum atomic E-state index is 11.9. The molecule has 1 amide bonds. The third-order valence-corrected chi connectivity index (χ3v) is 3.27. The number of piperidine rings is 1. The van der Waals surface area contributed by atoms with Crippen LogP contribution in [0.2, 0.25) is 0 Å². The van der Waals surface area contributed by atoms with Crippen LogP contribution in [0.1, 0.15) is 33.1 Å². The minimum atomic E-state index is -5.08. The Morgan fingerprint density at radius 1 is 1.35 bits per heavy atom. The van der Waals surface area contributed by atoms with E-state index in [0.29, 0.717) is 19.0 Å². The average Bonchev–Trinajstić information content (AvgIpc) is 2.45. The zero-order chi connectivity index (χ0) is 18.2. The van der Waals surface area contributed by atoms with E-state index in [4.69, 9.17) is 20.9 Å². The number of nitrogens with two attached hydrogens (primary N) is 1. The Morgan fingerprint density at radius 2 is 1.78 bits per heavy atom. The van der Waals surface area contributed by atoms with Gasteiger partial charge in [-0.1, -0.05) is 13.8 Å². The Morgan fingerprint density at radius 3 is 2.09 bits per heavy atom. The molecular weight excluding hydrogens is 315 g/mol. The fraction of sp³-hybridized carbons (Fsp3) is 0.786. The lowest BCUT2D eigenvalue weighted by Crippen LogP contribution is -2.47. The number of likely N-dealkylation sites (tertiary alicyclic amines) is 1. The summed E-state index contributed by atoms with van der Waals surface area (Å²) in [4.78, 5) is 22.6. The first kappa shape index (κ1) is 21.2. The third-order valence-electron chi connectivity index (χ3n) is 3.27. The molecule has 9 heteroatoms. The summed E-state index contributed by atoms with van der Waals surface area (Å²) >= 11 is 0.